The lowest BCUT2D eigenvalue weighted by molar-refractivity contribution is -0.201. The average molecular weight is 1150 g/mol. The number of ether oxygens (including phenoxy) is 10. The van der Waals surface area contributed by atoms with E-state index >= 15 is 0 Å². The van der Waals surface area contributed by atoms with Gasteiger partial charge >= 0.3 is 12.2 Å². The normalized spacial score (nSPS) is 25.1. The molecule has 0 spiro atoms. The summed E-state index contributed by atoms with van der Waals surface area (Å²) < 4.78 is 63.5. The van der Waals surface area contributed by atoms with Crippen molar-refractivity contribution in [2.45, 2.75) is 161 Å². The monoisotopic (exact) mass is 1150 g/mol. The molecule has 19 heteroatoms. The molecule has 4 unspecified atom stereocenters. The third kappa shape index (κ3) is 12.2. The minimum Gasteiger partial charge on any atom is -0.493 e. The number of carbonyl (C=O) groups excluding carboxylic acids is 3. The quantitative estimate of drug-likeness (QED) is 0.134. The topological polar surface area (TPSA) is 177 Å². The number of halogens is 1. The van der Waals surface area contributed by atoms with E-state index in [1.165, 1.54) is 24.0 Å². The van der Waals surface area contributed by atoms with Gasteiger partial charge < -0.3 is 57.4 Å². The molecule has 406 valence electrons. The summed E-state index contributed by atoms with van der Waals surface area (Å²) in [5.41, 5.74) is 2.81. The maximum absolute atomic E-state index is 14.6. The first-order valence-electron chi connectivity index (χ1n) is 25.8. The van der Waals surface area contributed by atoms with E-state index in [0.29, 0.717) is 74.7 Å². The van der Waals surface area contributed by atoms with E-state index in [1.807, 2.05) is 23.1 Å². The maximum atomic E-state index is 14.6. The van der Waals surface area contributed by atoms with Crippen LogP contribution in [0.25, 0.3) is 0 Å². The first-order chi connectivity index (χ1) is 35.7. The summed E-state index contributed by atoms with van der Waals surface area (Å²) in [5.74, 6) is 0.915. The maximum Gasteiger partial charge on any atom is 0.417 e. The van der Waals surface area contributed by atoms with Gasteiger partial charge in [-0.05, 0) is 157 Å². The van der Waals surface area contributed by atoms with Gasteiger partial charge in [0.15, 0.2) is 48.0 Å². The molecular weight excluding hydrogens is 1080 g/mol. The molecule has 6 aliphatic rings. The van der Waals surface area contributed by atoms with Crippen LogP contribution in [-0.2, 0) is 41.6 Å². The molecule has 0 radical (unpaired) electrons. The molecule has 0 bridgehead atoms. The van der Waals surface area contributed by atoms with Crippen molar-refractivity contribution in [2.75, 3.05) is 50.3 Å². The number of aliphatic hydroxyl groups excluding tert-OH is 1. The number of amides is 3. The van der Waals surface area contributed by atoms with Crippen molar-refractivity contribution in [2.24, 2.45) is 0 Å². The van der Waals surface area contributed by atoms with Crippen LogP contribution in [0, 0.1) is 3.57 Å². The van der Waals surface area contributed by atoms with Gasteiger partial charge in [-0.25, -0.2) is 19.4 Å². The Kier molecular flexibility index (Phi) is 16.3. The molecule has 4 fully saturated rings. The molecule has 0 aliphatic carbocycles. The van der Waals surface area contributed by atoms with Gasteiger partial charge in [0.2, 0.25) is 0 Å². The van der Waals surface area contributed by atoms with Crippen LogP contribution in [0.1, 0.15) is 126 Å². The van der Waals surface area contributed by atoms with Crippen LogP contribution >= 0.6 is 22.6 Å². The number of fused-ring (bicyclic) bond motifs is 4. The van der Waals surface area contributed by atoms with Crippen LogP contribution in [0.15, 0.2) is 66.8 Å². The molecular formula is C56H71IN4O14. The summed E-state index contributed by atoms with van der Waals surface area (Å²) >= 11 is 2.24. The molecule has 3 aromatic carbocycles. The fraction of sp³-hybridized carbons (Fsp3) is 0.554. The minimum atomic E-state index is -1.15. The van der Waals surface area contributed by atoms with Gasteiger partial charge in [-0.2, -0.15) is 0 Å². The first kappa shape index (κ1) is 54.6. The summed E-state index contributed by atoms with van der Waals surface area (Å²) in [6, 6.07) is 11.5. The van der Waals surface area contributed by atoms with E-state index < -0.39 is 66.7 Å². The molecule has 4 saturated heterocycles. The second-order valence-corrected chi connectivity index (χ2v) is 23.2. The highest BCUT2D eigenvalue weighted by molar-refractivity contribution is 14.1. The van der Waals surface area contributed by atoms with Crippen LogP contribution < -0.4 is 28.7 Å². The van der Waals surface area contributed by atoms with Crippen LogP contribution in [0.4, 0.5) is 21.0 Å². The zero-order chi connectivity index (χ0) is 53.5. The van der Waals surface area contributed by atoms with Crippen LogP contribution in [0.3, 0.4) is 0 Å². The van der Waals surface area contributed by atoms with Crippen molar-refractivity contribution in [3.05, 3.63) is 92.6 Å². The number of aliphatic hydroxyl groups is 1. The third-order valence-electron chi connectivity index (χ3n) is 13.8. The number of methoxy groups -OCH3 is 2. The van der Waals surface area contributed by atoms with Gasteiger partial charge in [-0.1, -0.05) is 24.3 Å². The Balaban J connectivity index is 1.02. The Labute approximate surface area is 453 Å². The highest BCUT2D eigenvalue weighted by Crippen LogP contribution is 2.48. The van der Waals surface area contributed by atoms with E-state index in [2.05, 4.69) is 35.7 Å². The SMILES string of the molecule is C=C1C[C@H]2C(OC3CCCCO3)N(C(=O)OC(C)(C)C)c3cc(OCc4cc(I)cc(COc5cc6c(cc5OC)C(O)N5CC(=C)C[C@H]5[C@H](OC5CCCCO5)N6C(=O)OC(C)(C)C)c4)c(OC)cc3C(=O)N2C1. The van der Waals surface area contributed by atoms with Crippen molar-refractivity contribution >= 4 is 52.1 Å². The molecule has 9 rings (SSSR count). The number of rotatable bonds is 12. The second kappa shape index (κ2) is 22.4. The standard InChI is InChI=1S/C56H71IN4O14/c1-32-19-41-51(72-47-15-11-13-17-68-47)60(53(64)74-55(3,4)5)39-26-45(43(66-9)24-37(39)49(62)58(41)28-32)70-30-34-21-35(23-36(57)22-34)31-71-46-27-40-38(25-44(46)67-10)50(63)59-29-33(2)20-42(59)52(73-48-16-12-14-18-69-48)61(40)54(65)75-56(6,7)8/h21-27,41-42,47-49,51-52,62H,1-2,11-20,28-31H2,3-10H3/t41-,42-,47?,48?,49?,51-,52?/m0/s1. The lowest BCUT2D eigenvalue weighted by Crippen LogP contribution is -2.54. The van der Waals surface area contributed by atoms with Gasteiger partial charge in [-0.3, -0.25) is 9.69 Å². The van der Waals surface area contributed by atoms with E-state index in [0.717, 1.165) is 51.5 Å². The van der Waals surface area contributed by atoms with Crippen molar-refractivity contribution in [3.63, 3.8) is 0 Å². The summed E-state index contributed by atoms with van der Waals surface area (Å²) in [4.78, 5) is 50.1. The number of benzene rings is 3. The largest absolute Gasteiger partial charge is 0.493 e. The van der Waals surface area contributed by atoms with Gasteiger partial charge in [0.25, 0.3) is 5.91 Å². The number of carbonyl (C=O) groups is 3. The smallest absolute Gasteiger partial charge is 0.417 e. The molecule has 0 aromatic heterocycles. The van der Waals surface area contributed by atoms with Crippen LogP contribution in [-0.4, -0.2) is 122 Å². The molecule has 3 aromatic rings. The zero-order valence-electron chi connectivity index (χ0n) is 44.3. The van der Waals surface area contributed by atoms with Crippen molar-refractivity contribution in [3.8, 4) is 23.0 Å². The third-order valence-corrected chi connectivity index (χ3v) is 14.5. The second-order valence-electron chi connectivity index (χ2n) is 22.0. The molecule has 7 atom stereocenters. The fourth-order valence-electron chi connectivity index (χ4n) is 10.6. The Morgan fingerprint density at radius 3 is 1.72 bits per heavy atom. The first-order valence-corrected chi connectivity index (χ1v) is 26.9. The van der Waals surface area contributed by atoms with E-state index in [4.69, 9.17) is 47.4 Å². The summed E-state index contributed by atoms with van der Waals surface area (Å²) in [6.45, 7) is 21.1. The average Bonchev–Trinajstić information content (AvgIpc) is 3.93. The zero-order valence-corrected chi connectivity index (χ0v) is 46.5. The predicted octanol–water partition coefficient (Wildman–Crippen LogP) is 10.1. The van der Waals surface area contributed by atoms with Crippen LogP contribution in [0.2, 0.25) is 0 Å². The predicted molar refractivity (Wildman–Crippen MR) is 286 cm³/mol. The van der Waals surface area contributed by atoms with Crippen molar-refractivity contribution in [1.29, 1.82) is 0 Å². The highest BCUT2D eigenvalue weighted by Gasteiger charge is 2.51. The van der Waals surface area contributed by atoms with E-state index in [9.17, 15) is 19.5 Å². The van der Waals surface area contributed by atoms with Gasteiger partial charge in [-0.15, -0.1) is 0 Å². The lowest BCUT2D eigenvalue weighted by atomic mass is 10.1. The van der Waals surface area contributed by atoms with Gasteiger partial charge in [0.1, 0.15) is 30.6 Å². The molecule has 6 aliphatic heterocycles. The summed E-state index contributed by atoms with van der Waals surface area (Å²) in [7, 11) is 3.02. The van der Waals surface area contributed by atoms with Crippen molar-refractivity contribution in [1.82, 2.24) is 9.80 Å². The lowest BCUT2D eigenvalue weighted by Gasteiger charge is -2.39. The fourth-order valence-corrected chi connectivity index (χ4v) is 11.4. The molecule has 18 nitrogen and oxygen atoms in total. The molecule has 6 heterocycles. The Hall–Kier alpha value is -5.16. The minimum absolute atomic E-state index is 0.0604. The Morgan fingerprint density at radius 2 is 1.19 bits per heavy atom. The van der Waals surface area contributed by atoms with Gasteiger partial charge in [0, 0.05) is 47.6 Å². The number of hydrogen-bond donors (Lipinski definition) is 1. The molecule has 3 amide bonds. The Morgan fingerprint density at radius 1 is 0.680 bits per heavy atom. The number of anilines is 2. The van der Waals surface area contributed by atoms with Crippen molar-refractivity contribution < 1.29 is 66.9 Å². The highest BCUT2D eigenvalue weighted by atomic mass is 127. The molecule has 75 heavy (non-hydrogen) atoms. The number of hydrogen-bond acceptors (Lipinski definition) is 15. The summed E-state index contributed by atoms with van der Waals surface area (Å²) in [6.07, 6.45) is 0.248. The summed E-state index contributed by atoms with van der Waals surface area (Å²) in [5, 5.41) is 12.2. The number of nitrogens with zero attached hydrogens (tertiary/aromatic N) is 4. The van der Waals surface area contributed by atoms with Crippen LogP contribution in [0.5, 0.6) is 23.0 Å². The molecule has 1 N–H and O–H groups in total. The van der Waals surface area contributed by atoms with E-state index in [1.54, 1.807) is 70.7 Å². The molecule has 0 saturated carbocycles. The Bertz CT molecular complexity index is 2660. The van der Waals surface area contributed by atoms with E-state index in [-0.39, 0.29) is 41.9 Å². The van der Waals surface area contributed by atoms with Gasteiger partial charge in [0.05, 0.1) is 43.2 Å².